The van der Waals surface area contributed by atoms with Gasteiger partial charge in [0.05, 0.1) is 70.5 Å². The Morgan fingerprint density at radius 1 is 0.788 bits per heavy atom. The van der Waals surface area contributed by atoms with Crippen LogP contribution in [0.3, 0.4) is 0 Å². The van der Waals surface area contributed by atoms with Gasteiger partial charge in [0.2, 0.25) is 0 Å². The number of ether oxygens (including phenoxy) is 5. The van der Waals surface area contributed by atoms with Crippen molar-refractivity contribution >= 4 is 17.9 Å². The zero-order valence-corrected chi connectivity index (χ0v) is 19.6. The van der Waals surface area contributed by atoms with Crippen LogP contribution in [-0.2, 0) is 23.7 Å². The fourth-order valence-electron chi connectivity index (χ4n) is 2.90. The van der Waals surface area contributed by atoms with Gasteiger partial charge >= 0.3 is 6.09 Å². The molecule has 33 heavy (non-hydrogen) atoms. The Morgan fingerprint density at radius 2 is 1.24 bits per heavy atom. The summed E-state index contributed by atoms with van der Waals surface area (Å²) >= 11 is 0. The maximum atomic E-state index is 12.2. The van der Waals surface area contributed by atoms with Crippen LogP contribution in [-0.4, -0.2) is 94.4 Å². The fraction of sp³-hybridized carbons (Fsp3) is 0.609. The number of hydrogen-bond acceptors (Lipinski definition) is 8. The molecule has 3 amide bonds. The molecule has 0 fully saturated rings. The van der Waals surface area contributed by atoms with Gasteiger partial charge in [-0.25, -0.2) is 4.79 Å². The molecule has 10 nitrogen and oxygen atoms in total. The van der Waals surface area contributed by atoms with Crippen LogP contribution in [0.15, 0.2) is 24.3 Å². The summed E-state index contributed by atoms with van der Waals surface area (Å²) < 4.78 is 26.7. The summed E-state index contributed by atoms with van der Waals surface area (Å²) in [6, 6.07) is 6.79. The molecule has 1 N–H and O–H groups in total. The van der Waals surface area contributed by atoms with Crippen molar-refractivity contribution in [2.45, 2.75) is 26.4 Å². The number of amides is 3. The molecule has 1 aliphatic heterocycles. The molecule has 0 radical (unpaired) electrons. The van der Waals surface area contributed by atoms with E-state index < -0.39 is 11.7 Å². The van der Waals surface area contributed by atoms with Gasteiger partial charge in [0, 0.05) is 6.54 Å². The van der Waals surface area contributed by atoms with Crippen LogP contribution in [0.1, 0.15) is 41.5 Å². The largest absolute Gasteiger partial charge is 0.444 e. The van der Waals surface area contributed by atoms with E-state index in [9.17, 15) is 14.4 Å². The molecule has 2 rings (SSSR count). The van der Waals surface area contributed by atoms with E-state index in [1.54, 1.807) is 45.0 Å². The Labute approximate surface area is 194 Å². The van der Waals surface area contributed by atoms with Crippen LogP contribution in [0.4, 0.5) is 4.79 Å². The second-order valence-electron chi connectivity index (χ2n) is 8.19. The number of nitrogens with zero attached hydrogens (tertiary/aromatic N) is 1. The second-order valence-corrected chi connectivity index (χ2v) is 8.19. The van der Waals surface area contributed by atoms with Gasteiger partial charge in [-0.3, -0.25) is 14.5 Å². The van der Waals surface area contributed by atoms with Crippen molar-refractivity contribution < 1.29 is 38.1 Å². The second kappa shape index (κ2) is 13.9. The van der Waals surface area contributed by atoms with E-state index in [0.717, 1.165) is 0 Å². The van der Waals surface area contributed by atoms with Crippen LogP contribution >= 0.6 is 0 Å². The van der Waals surface area contributed by atoms with E-state index in [4.69, 9.17) is 23.7 Å². The van der Waals surface area contributed by atoms with E-state index in [1.165, 1.54) is 4.90 Å². The first-order valence-electron chi connectivity index (χ1n) is 11.0. The molecule has 0 unspecified atom stereocenters. The highest BCUT2D eigenvalue weighted by Gasteiger charge is 2.34. The van der Waals surface area contributed by atoms with Gasteiger partial charge in [-0.05, 0) is 32.9 Å². The maximum Gasteiger partial charge on any atom is 0.407 e. The Morgan fingerprint density at radius 3 is 1.73 bits per heavy atom. The minimum Gasteiger partial charge on any atom is -0.444 e. The van der Waals surface area contributed by atoms with Crippen molar-refractivity contribution in [2.24, 2.45) is 0 Å². The average Bonchev–Trinajstić information content (AvgIpc) is 3.00. The Bertz CT molecular complexity index is 743. The molecule has 1 aromatic rings. The first-order valence-corrected chi connectivity index (χ1v) is 11.0. The van der Waals surface area contributed by atoms with Gasteiger partial charge in [0.1, 0.15) is 5.60 Å². The van der Waals surface area contributed by atoms with Crippen LogP contribution < -0.4 is 5.32 Å². The first kappa shape index (κ1) is 26.7. The summed E-state index contributed by atoms with van der Waals surface area (Å²) in [5.74, 6) is -0.563. The molecule has 0 saturated carbocycles. The number of benzene rings is 1. The SMILES string of the molecule is CC(C)(C)OC(=O)NCCOCCOCCOCCOCCN1C(=O)c2ccccc2C1=O. The zero-order valence-electron chi connectivity index (χ0n) is 19.6. The topological polar surface area (TPSA) is 113 Å². The average molecular weight is 467 g/mol. The lowest BCUT2D eigenvalue weighted by molar-refractivity contribution is -0.00325. The molecular weight excluding hydrogens is 432 g/mol. The molecule has 0 aliphatic carbocycles. The van der Waals surface area contributed by atoms with Crippen LogP contribution in [0, 0.1) is 0 Å². The monoisotopic (exact) mass is 466 g/mol. The van der Waals surface area contributed by atoms with Crippen LogP contribution in [0.2, 0.25) is 0 Å². The number of carbonyl (C=O) groups excluding carboxylic acids is 3. The summed E-state index contributed by atoms with van der Waals surface area (Å²) in [6.45, 7) is 9.04. The summed E-state index contributed by atoms with van der Waals surface area (Å²) in [6.07, 6.45) is -0.466. The summed E-state index contributed by atoms with van der Waals surface area (Å²) in [5, 5.41) is 2.61. The van der Waals surface area contributed by atoms with Crippen molar-refractivity contribution in [1.29, 1.82) is 0 Å². The van der Waals surface area contributed by atoms with Gasteiger partial charge in [-0.2, -0.15) is 0 Å². The number of alkyl carbamates (subject to hydrolysis) is 1. The fourth-order valence-corrected chi connectivity index (χ4v) is 2.90. The van der Waals surface area contributed by atoms with Crippen molar-refractivity contribution in [1.82, 2.24) is 10.2 Å². The third kappa shape index (κ3) is 9.87. The summed E-state index contributed by atoms with van der Waals surface area (Å²) in [4.78, 5) is 37.1. The number of nitrogens with one attached hydrogen (secondary N) is 1. The molecule has 0 aromatic heterocycles. The minimum absolute atomic E-state index is 0.211. The van der Waals surface area contributed by atoms with Gasteiger partial charge in [0.15, 0.2) is 0 Å². The standard InChI is InChI=1S/C23H34N2O8/c1-23(2,3)33-22(28)24-8-10-29-12-14-31-16-17-32-15-13-30-11-9-25-20(26)18-6-4-5-7-19(18)21(25)27/h4-7H,8-17H2,1-3H3,(H,24,28). The van der Waals surface area contributed by atoms with E-state index in [1.807, 2.05) is 0 Å². The lowest BCUT2D eigenvalue weighted by Gasteiger charge is -2.19. The third-order valence-corrected chi connectivity index (χ3v) is 4.37. The predicted molar refractivity (Wildman–Crippen MR) is 119 cm³/mol. The highest BCUT2D eigenvalue weighted by atomic mass is 16.6. The molecular formula is C23H34N2O8. The lowest BCUT2D eigenvalue weighted by atomic mass is 10.1. The smallest absolute Gasteiger partial charge is 0.407 e. The number of imide groups is 1. The quantitative estimate of drug-likeness (QED) is 0.308. The molecule has 10 heteroatoms. The van der Waals surface area contributed by atoms with E-state index >= 15 is 0 Å². The van der Waals surface area contributed by atoms with E-state index in [-0.39, 0.29) is 25.0 Å². The van der Waals surface area contributed by atoms with Crippen LogP contribution in [0.5, 0.6) is 0 Å². The molecule has 0 atom stereocenters. The number of carbonyl (C=O) groups is 3. The maximum absolute atomic E-state index is 12.2. The Balaban J connectivity index is 1.35. The Kier molecular flexibility index (Phi) is 11.2. The molecule has 1 heterocycles. The summed E-state index contributed by atoms with van der Waals surface area (Å²) in [5.41, 5.74) is 0.358. The van der Waals surface area contributed by atoms with Crippen molar-refractivity contribution in [3.8, 4) is 0 Å². The Hall–Kier alpha value is -2.53. The van der Waals surface area contributed by atoms with Crippen LogP contribution in [0.25, 0.3) is 0 Å². The number of rotatable bonds is 15. The highest BCUT2D eigenvalue weighted by Crippen LogP contribution is 2.21. The molecule has 1 aliphatic rings. The van der Waals surface area contributed by atoms with Gasteiger partial charge < -0.3 is 29.0 Å². The normalized spacial score (nSPS) is 13.4. The van der Waals surface area contributed by atoms with E-state index in [0.29, 0.717) is 63.9 Å². The number of hydrogen-bond donors (Lipinski definition) is 1. The highest BCUT2D eigenvalue weighted by molar-refractivity contribution is 6.21. The number of fused-ring (bicyclic) bond motifs is 1. The lowest BCUT2D eigenvalue weighted by Crippen LogP contribution is -2.34. The van der Waals surface area contributed by atoms with Gasteiger partial charge in [0.25, 0.3) is 11.8 Å². The van der Waals surface area contributed by atoms with Crippen molar-refractivity contribution in [3.05, 3.63) is 35.4 Å². The van der Waals surface area contributed by atoms with Crippen molar-refractivity contribution in [2.75, 3.05) is 65.9 Å². The predicted octanol–water partition coefficient (Wildman–Crippen LogP) is 1.87. The van der Waals surface area contributed by atoms with Crippen molar-refractivity contribution in [3.63, 3.8) is 0 Å². The zero-order chi connectivity index (χ0) is 24.1. The third-order valence-electron chi connectivity index (χ3n) is 4.37. The molecule has 0 saturated heterocycles. The van der Waals surface area contributed by atoms with Gasteiger partial charge in [-0.1, -0.05) is 12.1 Å². The van der Waals surface area contributed by atoms with E-state index in [2.05, 4.69) is 5.32 Å². The molecule has 0 bridgehead atoms. The first-order chi connectivity index (χ1) is 15.8. The minimum atomic E-state index is -0.519. The molecule has 184 valence electrons. The molecule has 1 aromatic carbocycles. The van der Waals surface area contributed by atoms with Gasteiger partial charge in [-0.15, -0.1) is 0 Å². The summed E-state index contributed by atoms with van der Waals surface area (Å²) in [7, 11) is 0. The molecule has 0 spiro atoms.